The van der Waals surface area contributed by atoms with Crippen LogP contribution < -0.4 is 16.0 Å². The Hall–Kier alpha value is -4.33. The van der Waals surface area contributed by atoms with E-state index in [2.05, 4.69) is 16.0 Å². The molecule has 0 bridgehead atoms. The highest BCUT2D eigenvalue weighted by Crippen LogP contribution is 2.27. The fraction of sp³-hybridized carbons (Fsp3) is 0.0938. The number of nitrogens with one attached hydrogen (secondary N) is 3. The molecule has 4 aromatic carbocycles. The first-order valence-corrected chi connectivity index (χ1v) is 13.8. The molecule has 0 fully saturated rings. The van der Waals surface area contributed by atoms with E-state index in [-0.39, 0.29) is 17.5 Å². The third kappa shape index (κ3) is 8.09. The van der Waals surface area contributed by atoms with E-state index in [9.17, 15) is 14.4 Å². The zero-order valence-electron chi connectivity index (χ0n) is 22.0. The minimum absolute atomic E-state index is 0.107. The van der Waals surface area contributed by atoms with Crippen molar-refractivity contribution in [3.8, 4) is 0 Å². The van der Waals surface area contributed by atoms with E-state index in [1.165, 1.54) is 11.8 Å². The largest absolute Gasteiger partial charge is 0.325 e. The molecule has 3 N–H and O–H groups in total. The highest BCUT2D eigenvalue weighted by molar-refractivity contribution is 8.00. The smallest absolute Gasteiger partial charge is 0.272 e. The van der Waals surface area contributed by atoms with Gasteiger partial charge in [0.1, 0.15) is 5.70 Å². The van der Waals surface area contributed by atoms with Gasteiger partial charge in [0, 0.05) is 26.9 Å². The maximum absolute atomic E-state index is 13.4. The first-order valence-electron chi connectivity index (χ1n) is 12.6. The lowest BCUT2D eigenvalue weighted by Crippen LogP contribution is -2.30. The molecule has 0 aliphatic rings. The molecule has 0 saturated heterocycles. The molecule has 1 unspecified atom stereocenters. The second-order valence-electron chi connectivity index (χ2n) is 8.98. The normalized spacial score (nSPS) is 11.8. The van der Waals surface area contributed by atoms with E-state index in [0.717, 1.165) is 16.0 Å². The lowest BCUT2D eigenvalue weighted by molar-refractivity contribution is -0.115. The number of benzene rings is 4. The topological polar surface area (TPSA) is 87.3 Å². The quantitative estimate of drug-likeness (QED) is 0.147. The van der Waals surface area contributed by atoms with Gasteiger partial charge in [-0.15, -0.1) is 11.8 Å². The summed E-state index contributed by atoms with van der Waals surface area (Å²) in [5, 5.41) is 8.63. The standard InChI is InChI=1S/C32H28ClN3O3S/c1-21-10-6-7-13-24(21)18-29(36-31(38)23-11-4-3-5-12-23)32(39)35-27-16-9-17-28(20-27)40-22(2)30(37)34-26-15-8-14-25(33)19-26/h3-20,22H,1-2H3,(H,34,37)(H,35,39)(H,36,38)/b29-18-. The Morgan fingerprint density at radius 3 is 2.20 bits per heavy atom. The molecule has 0 aliphatic heterocycles. The minimum atomic E-state index is -0.471. The number of aryl methyl sites for hydroxylation is 1. The van der Waals surface area contributed by atoms with Crippen LogP contribution in [0.1, 0.15) is 28.4 Å². The van der Waals surface area contributed by atoms with E-state index < -0.39 is 11.2 Å². The summed E-state index contributed by atoms with van der Waals surface area (Å²) in [6.07, 6.45) is 1.66. The average Bonchev–Trinajstić information content (AvgIpc) is 2.94. The van der Waals surface area contributed by atoms with E-state index in [1.54, 1.807) is 79.7 Å². The van der Waals surface area contributed by atoms with Crippen molar-refractivity contribution in [1.82, 2.24) is 5.32 Å². The van der Waals surface area contributed by atoms with Gasteiger partial charge in [0.25, 0.3) is 11.8 Å². The summed E-state index contributed by atoms with van der Waals surface area (Å²) in [5.74, 6) is -1.03. The first kappa shape index (κ1) is 28.7. The molecular formula is C32H28ClN3O3S. The van der Waals surface area contributed by atoms with E-state index in [4.69, 9.17) is 11.6 Å². The van der Waals surface area contributed by atoms with Gasteiger partial charge >= 0.3 is 0 Å². The molecule has 8 heteroatoms. The number of hydrogen-bond donors (Lipinski definition) is 3. The number of rotatable bonds is 9. The molecule has 3 amide bonds. The molecule has 1 atom stereocenters. The van der Waals surface area contributed by atoms with Gasteiger partial charge in [-0.2, -0.15) is 0 Å². The van der Waals surface area contributed by atoms with Crippen molar-refractivity contribution in [1.29, 1.82) is 0 Å². The molecule has 0 aliphatic carbocycles. The predicted octanol–water partition coefficient (Wildman–Crippen LogP) is 7.18. The van der Waals surface area contributed by atoms with Crippen molar-refractivity contribution in [2.24, 2.45) is 0 Å². The third-order valence-corrected chi connectivity index (χ3v) is 7.21. The van der Waals surface area contributed by atoms with Crippen molar-refractivity contribution < 1.29 is 14.4 Å². The van der Waals surface area contributed by atoms with Crippen LogP contribution in [0.25, 0.3) is 6.08 Å². The number of amides is 3. The summed E-state index contributed by atoms with van der Waals surface area (Å²) in [7, 11) is 0. The lowest BCUT2D eigenvalue weighted by atomic mass is 10.1. The number of carbonyl (C=O) groups is 3. The number of hydrogen-bond acceptors (Lipinski definition) is 4. The van der Waals surface area contributed by atoms with Gasteiger partial charge in [0.05, 0.1) is 5.25 Å². The third-order valence-electron chi connectivity index (χ3n) is 5.88. The highest BCUT2D eigenvalue weighted by atomic mass is 35.5. The van der Waals surface area contributed by atoms with E-state index >= 15 is 0 Å². The maximum atomic E-state index is 13.4. The van der Waals surface area contributed by atoms with Crippen LogP contribution in [0.3, 0.4) is 0 Å². The van der Waals surface area contributed by atoms with Crippen LogP contribution in [0, 0.1) is 6.92 Å². The minimum Gasteiger partial charge on any atom is -0.325 e. The lowest BCUT2D eigenvalue weighted by Gasteiger charge is -2.14. The second-order valence-corrected chi connectivity index (χ2v) is 10.8. The highest BCUT2D eigenvalue weighted by Gasteiger charge is 2.18. The van der Waals surface area contributed by atoms with Gasteiger partial charge in [-0.25, -0.2) is 0 Å². The summed E-state index contributed by atoms with van der Waals surface area (Å²) in [4.78, 5) is 39.8. The van der Waals surface area contributed by atoms with Crippen LogP contribution in [-0.2, 0) is 9.59 Å². The predicted molar refractivity (Wildman–Crippen MR) is 164 cm³/mol. The average molecular weight is 570 g/mol. The fourth-order valence-electron chi connectivity index (χ4n) is 3.76. The summed E-state index contributed by atoms with van der Waals surface area (Å²) in [6, 6.07) is 30.5. The van der Waals surface area contributed by atoms with Crippen molar-refractivity contribution >= 4 is 58.5 Å². The van der Waals surface area contributed by atoms with E-state index in [0.29, 0.717) is 22.0 Å². The monoisotopic (exact) mass is 569 g/mol. The molecule has 202 valence electrons. The van der Waals surface area contributed by atoms with Gasteiger partial charge in [-0.1, -0.05) is 66.2 Å². The van der Waals surface area contributed by atoms with Crippen molar-refractivity contribution in [2.45, 2.75) is 24.0 Å². The molecule has 0 heterocycles. The molecular weight excluding hydrogens is 542 g/mol. The van der Waals surface area contributed by atoms with Crippen LogP contribution >= 0.6 is 23.4 Å². The Morgan fingerprint density at radius 1 is 0.800 bits per heavy atom. The Morgan fingerprint density at radius 2 is 1.48 bits per heavy atom. The Balaban J connectivity index is 1.48. The SMILES string of the molecule is Cc1ccccc1/C=C(\NC(=O)c1ccccc1)C(=O)Nc1cccc(SC(C)C(=O)Nc2cccc(Cl)c2)c1. The number of halogens is 1. The van der Waals surface area contributed by atoms with Gasteiger partial charge < -0.3 is 16.0 Å². The van der Waals surface area contributed by atoms with Gasteiger partial charge in [0.2, 0.25) is 5.91 Å². The summed E-state index contributed by atoms with van der Waals surface area (Å²) in [6.45, 7) is 3.74. The van der Waals surface area contributed by atoms with Crippen LogP contribution in [0.4, 0.5) is 11.4 Å². The number of carbonyl (C=O) groups excluding carboxylic acids is 3. The summed E-state index contributed by atoms with van der Waals surface area (Å²) in [5.41, 5.74) is 3.47. The van der Waals surface area contributed by atoms with Gasteiger partial charge in [-0.05, 0) is 79.6 Å². The van der Waals surface area contributed by atoms with Crippen molar-refractivity contribution in [3.63, 3.8) is 0 Å². The Labute approximate surface area is 242 Å². The maximum Gasteiger partial charge on any atom is 0.272 e. The summed E-state index contributed by atoms with van der Waals surface area (Å²) < 4.78 is 0. The fourth-order valence-corrected chi connectivity index (χ4v) is 4.88. The molecule has 4 aromatic rings. The number of anilines is 2. The zero-order valence-corrected chi connectivity index (χ0v) is 23.6. The van der Waals surface area contributed by atoms with E-state index in [1.807, 2.05) is 43.3 Å². The van der Waals surface area contributed by atoms with Crippen LogP contribution in [0.15, 0.2) is 114 Å². The second kappa shape index (κ2) is 13.6. The van der Waals surface area contributed by atoms with Gasteiger partial charge in [0.15, 0.2) is 0 Å². The Bertz CT molecular complexity index is 1560. The summed E-state index contributed by atoms with van der Waals surface area (Å²) >= 11 is 7.37. The molecule has 0 spiro atoms. The van der Waals surface area contributed by atoms with Crippen LogP contribution in [-0.4, -0.2) is 23.0 Å². The van der Waals surface area contributed by atoms with Crippen molar-refractivity contribution in [3.05, 3.63) is 131 Å². The van der Waals surface area contributed by atoms with Crippen LogP contribution in [0.5, 0.6) is 0 Å². The molecule has 0 radical (unpaired) electrons. The molecule has 40 heavy (non-hydrogen) atoms. The number of thioether (sulfide) groups is 1. The molecule has 4 rings (SSSR count). The zero-order chi connectivity index (χ0) is 28.5. The molecule has 0 saturated carbocycles. The van der Waals surface area contributed by atoms with Crippen molar-refractivity contribution in [2.75, 3.05) is 10.6 Å². The van der Waals surface area contributed by atoms with Crippen LogP contribution in [0.2, 0.25) is 5.02 Å². The van der Waals surface area contributed by atoms with Gasteiger partial charge in [-0.3, -0.25) is 14.4 Å². The Kier molecular flexibility index (Phi) is 9.78. The first-order chi connectivity index (χ1) is 19.3. The molecule has 6 nitrogen and oxygen atoms in total. The molecule has 0 aromatic heterocycles.